The Balaban J connectivity index is 2.49. The number of allylic oxidation sites excluding steroid dienone is 5. The van der Waals surface area contributed by atoms with Crippen LogP contribution in [0.1, 0.15) is 31.4 Å². The summed E-state index contributed by atoms with van der Waals surface area (Å²) >= 11 is 0. The van der Waals surface area contributed by atoms with Crippen molar-refractivity contribution in [2.45, 2.75) is 32.1 Å². The topological polar surface area (TPSA) is 0 Å². The Hall–Kier alpha value is -1.56. The molecule has 0 amide bonds. The van der Waals surface area contributed by atoms with Crippen LogP contribution in [-0.4, -0.2) is 0 Å². The second kappa shape index (κ2) is 5.39. The van der Waals surface area contributed by atoms with E-state index in [0.717, 1.165) is 6.42 Å². The van der Waals surface area contributed by atoms with Gasteiger partial charge in [-0.05, 0) is 17.5 Å². The van der Waals surface area contributed by atoms with Gasteiger partial charge in [0.2, 0.25) is 0 Å². The Morgan fingerprint density at radius 2 is 2.06 bits per heavy atom. The molecule has 2 unspecified atom stereocenters. The van der Waals surface area contributed by atoms with E-state index in [0.29, 0.717) is 5.92 Å². The van der Waals surface area contributed by atoms with Gasteiger partial charge < -0.3 is 0 Å². The minimum absolute atomic E-state index is 0.0439. The van der Waals surface area contributed by atoms with E-state index in [2.05, 4.69) is 75.1 Å². The van der Waals surface area contributed by atoms with E-state index in [1.54, 1.807) is 0 Å². The van der Waals surface area contributed by atoms with E-state index < -0.39 is 0 Å². The lowest BCUT2D eigenvalue weighted by molar-refractivity contribution is 0.494. The van der Waals surface area contributed by atoms with Gasteiger partial charge in [-0.15, -0.1) is 6.58 Å². The molecule has 94 valence electrons. The fourth-order valence-corrected chi connectivity index (χ4v) is 2.88. The Bertz CT molecular complexity index is 479. The minimum atomic E-state index is 0.0439. The van der Waals surface area contributed by atoms with E-state index in [-0.39, 0.29) is 5.41 Å². The van der Waals surface area contributed by atoms with E-state index in [4.69, 9.17) is 0 Å². The van der Waals surface area contributed by atoms with Crippen LogP contribution >= 0.6 is 0 Å². The molecule has 0 saturated heterocycles. The van der Waals surface area contributed by atoms with Gasteiger partial charge in [0.25, 0.3) is 0 Å². The highest BCUT2D eigenvalue weighted by atomic mass is 14.4. The summed E-state index contributed by atoms with van der Waals surface area (Å²) in [5.74, 6) is 0.375. The molecule has 18 heavy (non-hydrogen) atoms. The largest absolute Gasteiger partial charge is 0.102 e. The van der Waals surface area contributed by atoms with E-state index >= 15 is 0 Å². The lowest BCUT2D eigenvalue weighted by Crippen LogP contribution is -2.30. The van der Waals surface area contributed by atoms with Crippen LogP contribution in [0.4, 0.5) is 0 Å². The van der Waals surface area contributed by atoms with Crippen molar-refractivity contribution in [2.75, 3.05) is 0 Å². The van der Waals surface area contributed by atoms with Crippen molar-refractivity contribution < 1.29 is 0 Å². The first kappa shape index (κ1) is 12.9. The molecule has 0 fully saturated rings. The molecule has 0 bridgehead atoms. The number of benzene rings is 1. The Morgan fingerprint density at radius 3 is 2.78 bits per heavy atom. The smallest absolute Gasteiger partial charge is 0.0207 e. The van der Waals surface area contributed by atoms with Crippen LogP contribution in [0.25, 0.3) is 0 Å². The van der Waals surface area contributed by atoms with E-state index in [1.807, 2.05) is 0 Å². The van der Waals surface area contributed by atoms with Crippen LogP contribution in [-0.2, 0) is 11.8 Å². The van der Waals surface area contributed by atoms with Crippen LogP contribution in [0.5, 0.6) is 0 Å². The van der Waals surface area contributed by atoms with Crippen LogP contribution in [0.3, 0.4) is 0 Å². The molecule has 0 heterocycles. The second-order valence-electron chi connectivity index (χ2n) is 5.20. The van der Waals surface area contributed by atoms with Gasteiger partial charge in [0, 0.05) is 11.3 Å². The molecule has 2 rings (SSSR count). The van der Waals surface area contributed by atoms with Crippen LogP contribution in [0.2, 0.25) is 0 Å². The molecule has 1 aliphatic rings. The Morgan fingerprint density at radius 1 is 1.28 bits per heavy atom. The maximum absolute atomic E-state index is 4.00. The molecule has 2 atom stereocenters. The first-order valence-electron chi connectivity index (χ1n) is 6.79. The number of rotatable bonds is 4. The summed E-state index contributed by atoms with van der Waals surface area (Å²) in [6.45, 7) is 8.55. The fraction of sp³-hybridized carbons (Fsp3) is 0.333. The quantitative estimate of drug-likeness (QED) is 0.659. The van der Waals surface area contributed by atoms with Gasteiger partial charge in [-0.2, -0.15) is 0 Å². The Kier molecular flexibility index (Phi) is 3.86. The van der Waals surface area contributed by atoms with E-state index in [1.165, 1.54) is 17.5 Å². The van der Waals surface area contributed by atoms with Gasteiger partial charge in [-0.3, -0.25) is 0 Å². The van der Waals surface area contributed by atoms with Gasteiger partial charge in [-0.25, -0.2) is 0 Å². The normalized spacial score (nSPS) is 26.2. The summed E-state index contributed by atoms with van der Waals surface area (Å²) in [4.78, 5) is 0. The summed E-state index contributed by atoms with van der Waals surface area (Å²) in [5.41, 5.74) is 2.95. The highest BCUT2D eigenvalue weighted by Crippen LogP contribution is 2.39. The molecule has 0 N–H and O–H groups in total. The van der Waals surface area contributed by atoms with Crippen molar-refractivity contribution in [1.29, 1.82) is 0 Å². The first-order chi connectivity index (χ1) is 8.72. The highest BCUT2D eigenvalue weighted by molar-refractivity contribution is 5.43. The van der Waals surface area contributed by atoms with Crippen molar-refractivity contribution in [3.05, 3.63) is 72.4 Å². The predicted molar refractivity (Wildman–Crippen MR) is 79.8 cm³/mol. The summed E-state index contributed by atoms with van der Waals surface area (Å²) in [7, 11) is 0. The molecular formula is C18H22. The maximum atomic E-state index is 4.00. The zero-order chi connectivity index (χ0) is 13.0. The average Bonchev–Trinajstić information content (AvgIpc) is 2.40. The summed E-state index contributed by atoms with van der Waals surface area (Å²) in [5, 5.41) is 0. The maximum Gasteiger partial charge on any atom is 0.0207 e. The molecular weight excluding hydrogens is 216 g/mol. The van der Waals surface area contributed by atoms with Crippen molar-refractivity contribution in [3.63, 3.8) is 0 Å². The fourth-order valence-electron chi connectivity index (χ4n) is 2.88. The van der Waals surface area contributed by atoms with Gasteiger partial charge in [0.15, 0.2) is 0 Å². The predicted octanol–water partition coefficient (Wildman–Crippen LogP) is 4.83. The average molecular weight is 238 g/mol. The van der Waals surface area contributed by atoms with Crippen LogP contribution in [0, 0.1) is 5.92 Å². The van der Waals surface area contributed by atoms with Crippen LogP contribution < -0.4 is 0 Å². The lowest BCUT2D eigenvalue weighted by atomic mass is 9.68. The first-order valence-corrected chi connectivity index (χ1v) is 6.79. The minimum Gasteiger partial charge on any atom is -0.102 e. The number of hydrogen-bond acceptors (Lipinski definition) is 0. The zero-order valence-corrected chi connectivity index (χ0v) is 11.4. The zero-order valence-electron chi connectivity index (χ0n) is 11.4. The monoisotopic (exact) mass is 238 g/mol. The standard InChI is InChI=1S/C18H22/c1-4-10-15-11-6-7-13-17(15)18(3)14-9-8-12-16(18)5-2/h5-9,11-14,16H,2,4,10H2,1,3H3. The number of aryl methyl sites for hydroxylation is 1. The summed E-state index contributed by atoms with van der Waals surface area (Å²) < 4.78 is 0. The van der Waals surface area contributed by atoms with Crippen molar-refractivity contribution in [3.8, 4) is 0 Å². The molecule has 0 nitrogen and oxygen atoms in total. The molecule has 1 aromatic carbocycles. The number of hydrogen-bond donors (Lipinski definition) is 0. The third-order valence-corrected chi connectivity index (χ3v) is 3.94. The molecule has 0 heteroatoms. The van der Waals surface area contributed by atoms with Gasteiger partial charge in [0.05, 0.1) is 0 Å². The second-order valence-corrected chi connectivity index (χ2v) is 5.20. The summed E-state index contributed by atoms with van der Waals surface area (Å²) in [6.07, 6.45) is 13.2. The van der Waals surface area contributed by atoms with Gasteiger partial charge >= 0.3 is 0 Å². The summed E-state index contributed by atoms with van der Waals surface area (Å²) in [6, 6.07) is 8.82. The van der Waals surface area contributed by atoms with Crippen molar-refractivity contribution >= 4 is 0 Å². The highest BCUT2D eigenvalue weighted by Gasteiger charge is 2.32. The molecule has 0 aromatic heterocycles. The third kappa shape index (κ3) is 2.20. The van der Waals surface area contributed by atoms with Gasteiger partial charge in [-0.1, -0.05) is 74.9 Å². The lowest BCUT2D eigenvalue weighted by Gasteiger charge is -2.35. The SMILES string of the molecule is C=CC1C=CC=CC1(C)c1ccccc1CCC. The van der Waals surface area contributed by atoms with E-state index in [9.17, 15) is 0 Å². The van der Waals surface area contributed by atoms with Gasteiger partial charge in [0.1, 0.15) is 0 Å². The van der Waals surface area contributed by atoms with Crippen molar-refractivity contribution in [1.82, 2.24) is 0 Å². The van der Waals surface area contributed by atoms with Crippen molar-refractivity contribution in [2.24, 2.45) is 5.92 Å². The molecule has 0 spiro atoms. The Labute approximate surface area is 111 Å². The van der Waals surface area contributed by atoms with Crippen LogP contribution in [0.15, 0.2) is 61.2 Å². The molecule has 0 radical (unpaired) electrons. The third-order valence-electron chi connectivity index (χ3n) is 3.94. The molecule has 0 aliphatic heterocycles. The molecule has 1 aliphatic carbocycles. The molecule has 0 saturated carbocycles. The molecule has 1 aromatic rings.